The first kappa shape index (κ1) is 19.3. The first-order valence-electron chi connectivity index (χ1n) is 7.42. The van der Waals surface area contributed by atoms with E-state index in [1.807, 2.05) is 0 Å². The number of amides is 1. The second-order valence-electron chi connectivity index (χ2n) is 4.63. The zero-order chi connectivity index (χ0) is 16.9. The van der Waals surface area contributed by atoms with Gasteiger partial charge in [0.1, 0.15) is 12.0 Å². The Morgan fingerprint density at radius 3 is 2.57 bits per heavy atom. The van der Waals surface area contributed by atoms with Crippen molar-refractivity contribution < 1.29 is 24.1 Å². The Kier molecular flexibility index (Phi) is 9.92. The number of aliphatic hydroxyl groups is 1. The van der Waals surface area contributed by atoms with Crippen LogP contribution in [-0.4, -0.2) is 57.1 Å². The summed E-state index contributed by atoms with van der Waals surface area (Å²) in [6.45, 7) is 2.52. The van der Waals surface area contributed by atoms with Gasteiger partial charge in [-0.25, -0.2) is 0 Å². The van der Waals surface area contributed by atoms with E-state index in [0.29, 0.717) is 50.8 Å². The van der Waals surface area contributed by atoms with Gasteiger partial charge in [0.05, 0.1) is 26.4 Å². The van der Waals surface area contributed by atoms with E-state index in [0.717, 1.165) is 0 Å². The Morgan fingerprint density at radius 2 is 1.87 bits per heavy atom. The Morgan fingerprint density at radius 1 is 1.17 bits per heavy atom. The normalized spacial score (nSPS) is 12.0. The van der Waals surface area contributed by atoms with Crippen LogP contribution in [0, 0.1) is 0 Å². The standard InChI is InChI=1S/C15H25N3O5/c16-5-7-21-9-10-22-8-6-18-14(19)11-23-13-4-2-1-3-12(13)15(17)20/h1-4,15,20H,5-11,16-17H2,(H,18,19). The topological polar surface area (TPSA) is 129 Å². The molecular weight excluding hydrogens is 302 g/mol. The lowest BCUT2D eigenvalue weighted by molar-refractivity contribution is -0.123. The minimum absolute atomic E-state index is 0.163. The molecule has 8 nitrogen and oxygen atoms in total. The average molecular weight is 327 g/mol. The lowest BCUT2D eigenvalue weighted by Crippen LogP contribution is -2.32. The number of nitrogens with two attached hydrogens (primary N) is 2. The van der Waals surface area contributed by atoms with Crippen molar-refractivity contribution in [3.8, 4) is 5.75 Å². The SMILES string of the molecule is NCCOCCOCCNC(=O)COc1ccccc1C(N)O. The van der Waals surface area contributed by atoms with Crippen molar-refractivity contribution in [1.29, 1.82) is 0 Å². The highest BCUT2D eigenvalue weighted by Gasteiger charge is 2.10. The molecule has 1 atom stereocenters. The molecule has 0 saturated carbocycles. The molecule has 0 aliphatic rings. The molecule has 6 N–H and O–H groups in total. The first-order valence-corrected chi connectivity index (χ1v) is 7.42. The van der Waals surface area contributed by atoms with Gasteiger partial charge in [-0.05, 0) is 6.07 Å². The molecule has 0 saturated heterocycles. The van der Waals surface area contributed by atoms with E-state index in [9.17, 15) is 9.90 Å². The fourth-order valence-corrected chi connectivity index (χ4v) is 1.72. The molecular formula is C15H25N3O5. The Bertz CT molecular complexity index is 456. The summed E-state index contributed by atoms with van der Waals surface area (Å²) in [6, 6.07) is 6.74. The van der Waals surface area contributed by atoms with Gasteiger partial charge in [0.2, 0.25) is 0 Å². The summed E-state index contributed by atoms with van der Waals surface area (Å²) in [7, 11) is 0. The van der Waals surface area contributed by atoms with Crippen LogP contribution >= 0.6 is 0 Å². The number of carbonyl (C=O) groups excluding carboxylic acids is 1. The van der Waals surface area contributed by atoms with Crippen molar-refractivity contribution in [3.05, 3.63) is 29.8 Å². The number of nitrogens with one attached hydrogen (secondary N) is 1. The minimum atomic E-state index is -1.15. The highest BCUT2D eigenvalue weighted by Crippen LogP contribution is 2.21. The van der Waals surface area contributed by atoms with E-state index < -0.39 is 6.23 Å². The number of hydrogen-bond donors (Lipinski definition) is 4. The molecule has 1 unspecified atom stereocenters. The number of ether oxygens (including phenoxy) is 3. The Hall–Kier alpha value is -1.71. The summed E-state index contributed by atoms with van der Waals surface area (Å²) in [4.78, 5) is 11.6. The molecule has 8 heteroatoms. The second kappa shape index (κ2) is 11.8. The maximum Gasteiger partial charge on any atom is 0.258 e. The summed E-state index contributed by atoms with van der Waals surface area (Å²) >= 11 is 0. The fraction of sp³-hybridized carbons (Fsp3) is 0.533. The molecule has 1 rings (SSSR count). The number of para-hydroxylation sites is 1. The zero-order valence-corrected chi connectivity index (χ0v) is 13.1. The zero-order valence-electron chi connectivity index (χ0n) is 13.1. The van der Waals surface area contributed by atoms with Crippen LogP contribution < -0.4 is 21.5 Å². The monoisotopic (exact) mass is 327 g/mol. The van der Waals surface area contributed by atoms with Gasteiger partial charge in [-0.1, -0.05) is 18.2 Å². The summed E-state index contributed by atoms with van der Waals surface area (Å²) in [6.07, 6.45) is -1.15. The quantitative estimate of drug-likeness (QED) is 0.290. The van der Waals surface area contributed by atoms with Crippen molar-refractivity contribution in [2.75, 3.05) is 46.1 Å². The molecule has 1 aromatic carbocycles. The molecule has 23 heavy (non-hydrogen) atoms. The first-order chi connectivity index (χ1) is 11.1. The van der Waals surface area contributed by atoms with Crippen LogP contribution in [0.2, 0.25) is 0 Å². The number of carbonyl (C=O) groups is 1. The molecule has 0 bridgehead atoms. The van der Waals surface area contributed by atoms with Gasteiger partial charge in [-0.15, -0.1) is 0 Å². The summed E-state index contributed by atoms with van der Waals surface area (Å²) in [5.41, 5.74) is 11.1. The van der Waals surface area contributed by atoms with Gasteiger partial charge in [-0.2, -0.15) is 0 Å². The van der Waals surface area contributed by atoms with Gasteiger partial charge < -0.3 is 36.1 Å². The molecule has 1 aromatic rings. The van der Waals surface area contributed by atoms with Gasteiger partial charge in [0.15, 0.2) is 6.61 Å². The molecule has 0 aromatic heterocycles. The molecule has 0 aliphatic carbocycles. The smallest absolute Gasteiger partial charge is 0.258 e. The van der Waals surface area contributed by atoms with Crippen molar-refractivity contribution in [2.24, 2.45) is 11.5 Å². The van der Waals surface area contributed by atoms with E-state index in [2.05, 4.69) is 5.32 Å². The van der Waals surface area contributed by atoms with Crippen LogP contribution in [0.4, 0.5) is 0 Å². The van der Waals surface area contributed by atoms with Gasteiger partial charge >= 0.3 is 0 Å². The number of benzene rings is 1. The van der Waals surface area contributed by atoms with Crippen LogP contribution in [0.25, 0.3) is 0 Å². The van der Waals surface area contributed by atoms with Gasteiger partial charge in [0.25, 0.3) is 5.91 Å². The Labute approximate surface area is 135 Å². The summed E-state index contributed by atoms with van der Waals surface area (Å²) < 4.78 is 15.8. The van der Waals surface area contributed by atoms with Crippen LogP contribution in [0.1, 0.15) is 11.8 Å². The lowest BCUT2D eigenvalue weighted by atomic mass is 10.2. The highest BCUT2D eigenvalue weighted by atomic mass is 16.5. The maximum atomic E-state index is 11.6. The van der Waals surface area contributed by atoms with Crippen molar-refractivity contribution in [2.45, 2.75) is 6.23 Å². The molecule has 130 valence electrons. The number of hydrogen-bond acceptors (Lipinski definition) is 7. The van der Waals surface area contributed by atoms with E-state index >= 15 is 0 Å². The molecule has 0 aliphatic heterocycles. The molecule has 1 amide bonds. The fourth-order valence-electron chi connectivity index (χ4n) is 1.72. The largest absolute Gasteiger partial charge is 0.483 e. The van der Waals surface area contributed by atoms with Crippen LogP contribution in [0.15, 0.2) is 24.3 Å². The van der Waals surface area contributed by atoms with Gasteiger partial charge in [0, 0.05) is 18.7 Å². The Balaban J connectivity index is 2.13. The van der Waals surface area contributed by atoms with E-state index in [-0.39, 0.29) is 12.5 Å². The van der Waals surface area contributed by atoms with Crippen molar-refractivity contribution >= 4 is 5.91 Å². The third-order valence-electron chi connectivity index (χ3n) is 2.80. The maximum absolute atomic E-state index is 11.6. The molecule has 0 heterocycles. The summed E-state index contributed by atoms with van der Waals surface area (Å²) in [5, 5.41) is 12.1. The average Bonchev–Trinajstić information content (AvgIpc) is 2.55. The minimum Gasteiger partial charge on any atom is -0.483 e. The number of rotatable bonds is 12. The second-order valence-corrected chi connectivity index (χ2v) is 4.63. The van der Waals surface area contributed by atoms with Gasteiger partial charge in [-0.3, -0.25) is 4.79 Å². The van der Waals surface area contributed by atoms with Crippen LogP contribution in [-0.2, 0) is 14.3 Å². The third kappa shape index (κ3) is 8.48. The highest BCUT2D eigenvalue weighted by molar-refractivity contribution is 5.77. The lowest BCUT2D eigenvalue weighted by Gasteiger charge is -2.13. The predicted octanol–water partition coefficient (Wildman–Crippen LogP) is -0.877. The molecule has 0 fully saturated rings. The summed E-state index contributed by atoms with van der Waals surface area (Å²) in [5.74, 6) is 0.0975. The van der Waals surface area contributed by atoms with Crippen molar-refractivity contribution in [1.82, 2.24) is 5.32 Å². The van der Waals surface area contributed by atoms with Crippen LogP contribution in [0.5, 0.6) is 5.75 Å². The number of aliphatic hydroxyl groups excluding tert-OH is 1. The van der Waals surface area contributed by atoms with E-state index in [1.54, 1.807) is 24.3 Å². The third-order valence-corrected chi connectivity index (χ3v) is 2.80. The molecule has 0 radical (unpaired) electrons. The van der Waals surface area contributed by atoms with E-state index in [4.69, 9.17) is 25.7 Å². The van der Waals surface area contributed by atoms with E-state index in [1.165, 1.54) is 0 Å². The van der Waals surface area contributed by atoms with Crippen LogP contribution in [0.3, 0.4) is 0 Å². The molecule has 0 spiro atoms. The van der Waals surface area contributed by atoms with Crippen molar-refractivity contribution in [3.63, 3.8) is 0 Å². The predicted molar refractivity (Wildman–Crippen MR) is 84.8 cm³/mol.